The van der Waals surface area contributed by atoms with Crippen LogP contribution in [0.5, 0.6) is 0 Å². The second kappa shape index (κ2) is 10.4. The molecular weight excluding hydrogens is 458 g/mol. The number of piperazine rings is 2. The van der Waals surface area contributed by atoms with Crippen molar-refractivity contribution in [3.05, 3.63) is 48.7 Å². The molecule has 1 unspecified atom stereocenters. The van der Waals surface area contributed by atoms with Gasteiger partial charge in [-0.25, -0.2) is 13.4 Å². The van der Waals surface area contributed by atoms with Gasteiger partial charge in [-0.2, -0.15) is 4.31 Å². The second-order valence-electron chi connectivity index (χ2n) is 8.45. The minimum absolute atomic E-state index is 0.0867. The zero-order chi connectivity index (χ0) is 23.4. The zero-order valence-corrected chi connectivity index (χ0v) is 20.8. The number of rotatable bonds is 6. The number of para-hydroxylation sites is 1. The summed E-state index contributed by atoms with van der Waals surface area (Å²) < 4.78 is 27.2. The first-order valence-corrected chi connectivity index (χ1v) is 13.6. The molecule has 0 N–H and O–H groups in total. The first kappa shape index (κ1) is 24.0. The van der Waals surface area contributed by atoms with Gasteiger partial charge in [0.25, 0.3) is 0 Å². The van der Waals surface area contributed by atoms with Crippen LogP contribution < -0.4 is 4.90 Å². The van der Waals surface area contributed by atoms with Crippen molar-refractivity contribution in [2.24, 2.45) is 0 Å². The summed E-state index contributed by atoms with van der Waals surface area (Å²) >= 11 is 1.37. The maximum absolute atomic E-state index is 13.0. The van der Waals surface area contributed by atoms with E-state index in [1.807, 2.05) is 37.1 Å². The molecule has 178 valence electrons. The van der Waals surface area contributed by atoms with Gasteiger partial charge in [0.2, 0.25) is 15.9 Å². The fourth-order valence-electron chi connectivity index (χ4n) is 4.08. The summed E-state index contributed by atoms with van der Waals surface area (Å²) in [4.78, 5) is 23.8. The van der Waals surface area contributed by atoms with Crippen molar-refractivity contribution in [1.82, 2.24) is 19.1 Å². The van der Waals surface area contributed by atoms with Gasteiger partial charge in [-0.3, -0.25) is 4.79 Å². The highest BCUT2D eigenvalue weighted by Gasteiger charge is 2.29. The molecule has 10 heteroatoms. The topological polar surface area (TPSA) is 77.1 Å². The van der Waals surface area contributed by atoms with Crippen molar-refractivity contribution >= 4 is 33.4 Å². The molecule has 1 atom stereocenters. The van der Waals surface area contributed by atoms with Crippen molar-refractivity contribution in [3.8, 4) is 0 Å². The van der Waals surface area contributed by atoms with Crippen LogP contribution in [0, 0.1) is 0 Å². The maximum Gasteiger partial charge on any atom is 0.244 e. The number of carbonyl (C=O) groups is 1. The van der Waals surface area contributed by atoms with Crippen LogP contribution in [0.15, 0.2) is 58.6 Å². The average molecular weight is 490 g/mol. The molecule has 0 radical (unpaired) electrons. The van der Waals surface area contributed by atoms with E-state index in [0.29, 0.717) is 31.2 Å². The molecule has 0 bridgehead atoms. The maximum atomic E-state index is 13.0. The Morgan fingerprint density at radius 2 is 1.61 bits per heavy atom. The first-order valence-electron chi connectivity index (χ1n) is 11.2. The Morgan fingerprint density at radius 1 is 0.939 bits per heavy atom. The molecule has 0 saturated carbocycles. The molecule has 2 fully saturated rings. The summed E-state index contributed by atoms with van der Waals surface area (Å²) in [7, 11) is -1.55. The molecule has 8 nitrogen and oxygen atoms in total. The Bertz CT molecular complexity index is 1030. The van der Waals surface area contributed by atoms with Crippen molar-refractivity contribution in [3.63, 3.8) is 0 Å². The Labute approximate surface area is 200 Å². The zero-order valence-electron chi connectivity index (χ0n) is 19.1. The highest BCUT2D eigenvalue weighted by Crippen LogP contribution is 2.25. The number of nitrogens with zero attached hydrogens (tertiary/aromatic N) is 5. The molecule has 0 spiro atoms. The van der Waals surface area contributed by atoms with Crippen LogP contribution >= 0.6 is 11.8 Å². The number of amides is 1. The normalized spacial score (nSPS) is 19.5. The quantitative estimate of drug-likeness (QED) is 0.573. The van der Waals surface area contributed by atoms with E-state index < -0.39 is 10.0 Å². The molecule has 1 aromatic heterocycles. The van der Waals surface area contributed by atoms with Crippen LogP contribution in [-0.2, 0) is 14.8 Å². The largest absolute Gasteiger partial charge is 0.368 e. The molecule has 1 aromatic carbocycles. The summed E-state index contributed by atoms with van der Waals surface area (Å²) in [6, 6.07) is 13.5. The molecule has 0 aliphatic carbocycles. The van der Waals surface area contributed by atoms with E-state index in [9.17, 15) is 13.2 Å². The Hall–Kier alpha value is -2.14. The van der Waals surface area contributed by atoms with Crippen molar-refractivity contribution in [2.75, 3.05) is 64.3 Å². The lowest BCUT2D eigenvalue weighted by Gasteiger charge is -2.37. The summed E-state index contributed by atoms with van der Waals surface area (Å²) in [5, 5.41) is 0.358. The predicted octanol–water partition coefficient (Wildman–Crippen LogP) is 1.85. The molecular formula is C23H31N5O3S2. The number of hydrogen-bond acceptors (Lipinski definition) is 7. The Kier molecular flexibility index (Phi) is 7.58. The van der Waals surface area contributed by atoms with E-state index in [4.69, 9.17) is 0 Å². The number of thioether (sulfide) groups is 1. The lowest BCUT2D eigenvalue weighted by atomic mass is 10.2. The lowest BCUT2D eigenvalue weighted by Crippen LogP contribution is -2.50. The summed E-state index contributed by atoms with van der Waals surface area (Å²) in [5.41, 5.74) is 1.18. The SMILES string of the molecule is CC(Sc1ccc(S(=O)(=O)N2CCN(C)CC2)cn1)C(=O)N1CCN(c2ccccc2)CC1. The molecule has 2 aromatic rings. The van der Waals surface area contributed by atoms with E-state index in [1.165, 1.54) is 28.0 Å². The molecule has 3 heterocycles. The minimum Gasteiger partial charge on any atom is -0.368 e. The van der Waals surface area contributed by atoms with Crippen molar-refractivity contribution in [1.29, 1.82) is 0 Å². The summed E-state index contributed by atoms with van der Waals surface area (Å²) in [5.74, 6) is 0.0867. The van der Waals surface area contributed by atoms with Gasteiger partial charge in [0.05, 0.1) is 10.3 Å². The lowest BCUT2D eigenvalue weighted by molar-refractivity contribution is -0.130. The number of anilines is 1. The molecule has 2 saturated heterocycles. The van der Waals surface area contributed by atoms with Gasteiger partial charge in [0, 0.05) is 64.2 Å². The highest BCUT2D eigenvalue weighted by molar-refractivity contribution is 8.00. The molecule has 4 rings (SSSR count). The molecule has 33 heavy (non-hydrogen) atoms. The number of sulfonamides is 1. The van der Waals surface area contributed by atoms with Crippen molar-refractivity contribution < 1.29 is 13.2 Å². The molecule has 2 aliphatic rings. The van der Waals surface area contributed by atoms with E-state index in [2.05, 4.69) is 26.9 Å². The Balaban J connectivity index is 1.31. The number of carbonyl (C=O) groups excluding carboxylic acids is 1. The first-order chi connectivity index (χ1) is 15.8. The fourth-order valence-corrected chi connectivity index (χ4v) is 6.32. The summed E-state index contributed by atoms with van der Waals surface area (Å²) in [6.07, 6.45) is 1.41. The summed E-state index contributed by atoms with van der Waals surface area (Å²) in [6.45, 7) is 7.29. The van der Waals surface area contributed by atoms with Crippen molar-refractivity contribution in [2.45, 2.75) is 22.1 Å². The monoisotopic (exact) mass is 489 g/mol. The van der Waals surface area contributed by atoms with Gasteiger partial charge in [-0.05, 0) is 38.2 Å². The van der Waals surface area contributed by atoms with Crippen LogP contribution in [0.2, 0.25) is 0 Å². The predicted molar refractivity (Wildman–Crippen MR) is 131 cm³/mol. The third kappa shape index (κ3) is 5.68. The van der Waals surface area contributed by atoms with E-state index in [1.54, 1.807) is 12.1 Å². The third-order valence-electron chi connectivity index (χ3n) is 6.17. The number of hydrogen-bond donors (Lipinski definition) is 0. The van der Waals surface area contributed by atoms with Crippen LogP contribution in [0.1, 0.15) is 6.92 Å². The van der Waals surface area contributed by atoms with Gasteiger partial charge < -0.3 is 14.7 Å². The smallest absolute Gasteiger partial charge is 0.244 e. The number of benzene rings is 1. The van der Waals surface area contributed by atoms with Crippen LogP contribution in [0.3, 0.4) is 0 Å². The van der Waals surface area contributed by atoms with E-state index in [-0.39, 0.29) is 16.1 Å². The van der Waals surface area contributed by atoms with Crippen LogP contribution in [0.4, 0.5) is 5.69 Å². The number of likely N-dealkylation sites (N-methyl/N-ethyl adjacent to an activating group) is 1. The van der Waals surface area contributed by atoms with Gasteiger partial charge >= 0.3 is 0 Å². The number of aromatic nitrogens is 1. The second-order valence-corrected chi connectivity index (χ2v) is 11.7. The Morgan fingerprint density at radius 3 is 2.21 bits per heavy atom. The van der Waals surface area contributed by atoms with Gasteiger partial charge in [-0.1, -0.05) is 30.0 Å². The van der Waals surface area contributed by atoms with Gasteiger partial charge in [0.1, 0.15) is 4.90 Å². The van der Waals surface area contributed by atoms with E-state index >= 15 is 0 Å². The standard InChI is InChI=1S/C23H31N5O3S2/c1-19(23(29)27-14-12-26(13-15-27)20-6-4-3-5-7-20)32-22-9-8-21(18-24-22)33(30,31)28-16-10-25(2)11-17-28/h3-9,18-19H,10-17H2,1-2H3. The minimum atomic E-state index is -3.54. The van der Waals surface area contributed by atoms with E-state index in [0.717, 1.165) is 26.2 Å². The van der Waals surface area contributed by atoms with Gasteiger partial charge in [0.15, 0.2) is 0 Å². The fraction of sp³-hybridized carbons (Fsp3) is 0.478. The molecule has 2 aliphatic heterocycles. The van der Waals surface area contributed by atoms with Crippen LogP contribution in [-0.4, -0.2) is 98.1 Å². The van der Waals surface area contributed by atoms with Crippen LogP contribution in [0.25, 0.3) is 0 Å². The van der Waals surface area contributed by atoms with Gasteiger partial charge in [-0.15, -0.1) is 0 Å². The average Bonchev–Trinajstić information content (AvgIpc) is 2.85. The highest BCUT2D eigenvalue weighted by atomic mass is 32.2. The third-order valence-corrected chi connectivity index (χ3v) is 9.09. The molecule has 1 amide bonds. The number of pyridine rings is 1.